The predicted molar refractivity (Wildman–Crippen MR) is 45.3 cm³/mol. The molecule has 2 heteroatoms. The number of hydrogen-bond acceptors (Lipinski definition) is 1. The van der Waals surface area contributed by atoms with Gasteiger partial charge in [-0.05, 0) is 19.9 Å². The summed E-state index contributed by atoms with van der Waals surface area (Å²) in [6.45, 7) is 6.89. The number of hydrogen-bond donors (Lipinski definition) is 1. The van der Waals surface area contributed by atoms with Gasteiger partial charge in [0.15, 0.2) is 0 Å². The molecule has 0 spiro atoms. The maximum Gasteiger partial charge on any atom is 0.331 e. The Morgan fingerprint density at radius 2 is 2.00 bits per heavy atom. The van der Waals surface area contributed by atoms with Crippen molar-refractivity contribution in [3.05, 3.63) is 36.0 Å². The van der Waals surface area contributed by atoms with E-state index in [1.165, 1.54) is 0 Å². The Kier molecular flexibility index (Phi) is 3.96. The quantitative estimate of drug-likeness (QED) is 0.497. The highest BCUT2D eigenvalue weighted by Gasteiger charge is 1.97. The molecule has 0 rings (SSSR count). The second-order valence-electron chi connectivity index (χ2n) is 2.28. The van der Waals surface area contributed by atoms with Crippen molar-refractivity contribution in [3.63, 3.8) is 0 Å². The van der Waals surface area contributed by atoms with Gasteiger partial charge in [-0.25, -0.2) is 4.79 Å². The van der Waals surface area contributed by atoms with Gasteiger partial charge in [-0.2, -0.15) is 0 Å². The van der Waals surface area contributed by atoms with E-state index in [-0.39, 0.29) is 0 Å². The fourth-order valence-electron chi connectivity index (χ4n) is 0.637. The van der Waals surface area contributed by atoms with Gasteiger partial charge in [0, 0.05) is 5.57 Å². The van der Waals surface area contributed by atoms with Crippen LogP contribution in [-0.2, 0) is 4.79 Å². The predicted octanol–water partition coefficient (Wildman–Crippen LogP) is 2.15. The summed E-state index contributed by atoms with van der Waals surface area (Å²) in [4.78, 5) is 10.3. The van der Waals surface area contributed by atoms with Crippen molar-refractivity contribution in [2.75, 3.05) is 0 Å². The minimum Gasteiger partial charge on any atom is -0.478 e. The molecule has 0 saturated carbocycles. The minimum absolute atomic E-state index is 0.334. The smallest absolute Gasteiger partial charge is 0.331 e. The van der Waals surface area contributed by atoms with E-state index in [4.69, 9.17) is 5.11 Å². The summed E-state index contributed by atoms with van der Waals surface area (Å²) < 4.78 is 0. The van der Waals surface area contributed by atoms with Crippen molar-refractivity contribution in [2.45, 2.75) is 13.8 Å². The summed E-state index contributed by atoms with van der Waals surface area (Å²) in [5, 5.41) is 8.48. The molecule has 0 atom stereocenters. The van der Waals surface area contributed by atoms with Crippen molar-refractivity contribution in [2.24, 2.45) is 0 Å². The molecule has 0 radical (unpaired) electrons. The average molecular weight is 152 g/mol. The second kappa shape index (κ2) is 4.50. The lowest BCUT2D eigenvalue weighted by Crippen LogP contribution is -1.95. The Hall–Kier alpha value is -1.31. The van der Waals surface area contributed by atoms with Crippen LogP contribution in [0, 0.1) is 0 Å². The van der Waals surface area contributed by atoms with Crippen LogP contribution in [-0.4, -0.2) is 11.1 Å². The molecule has 0 fully saturated rings. The van der Waals surface area contributed by atoms with Crippen LogP contribution in [0.15, 0.2) is 36.0 Å². The van der Waals surface area contributed by atoms with E-state index < -0.39 is 5.97 Å². The van der Waals surface area contributed by atoms with E-state index in [0.29, 0.717) is 5.57 Å². The van der Waals surface area contributed by atoms with Crippen molar-refractivity contribution >= 4 is 5.97 Å². The highest BCUT2D eigenvalue weighted by Crippen LogP contribution is 2.01. The Bertz CT molecular complexity index is 222. The zero-order valence-corrected chi connectivity index (χ0v) is 6.79. The second-order valence-corrected chi connectivity index (χ2v) is 2.28. The summed E-state index contributed by atoms with van der Waals surface area (Å²) in [6.07, 6.45) is 4.98. The zero-order chi connectivity index (χ0) is 8.85. The van der Waals surface area contributed by atoms with Gasteiger partial charge < -0.3 is 5.11 Å². The molecular formula is C9H12O2. The summed E-state index contributed by atoms with van der Waals surface area (Å²) >= 11 is 0. The Morgan fingerprint density at radius 1 is 1.45 bits per heavy atom. The van der Waals surface area contributed by atoms with Gasteiger partial charge in [0.25, 0.3) is 0 Å². The Balaban J connectivity index is 4.42. The number of allylic oxidation sites excluding steroid dienone is 4. The maximum absolute atomic E-state index is 10.3. The molecule has 0 bridgehead atoms. The van der Waals surface area contributed by atoms with E-state index in [9.17, 15) is 4.79 Å². The lowest BCUT2D eigenvalue weighted by Gasteiger charge is -1.92. The topological polar surface area (TPSA) is 37.3 Å². The molecule has 0 aliphatic carbocycles. The van der Waals surface area contributed by atoms with Gasteiger partial charge >= 0.3 is 5.97 Å². The van der Waals surface area contributed by atoms with Crippen LogP contribution >= 0.6 is 0 Å². The number of rotatable bonds is 3. The molecule has 11 heavy (non-hydrogen) atoms. The van der Waals surface area contributed by atoms with Crippen LogP contribution in [0.4, 0.5) is 0 Å². The third kappa shape index (κ3) is 4.14. The van der Waals surface area contributed by atoms with Crippen LogP contribution in [0.3, 0.4) is 0 Å². The molecule has 0 amide bonds. The normalized spacial score (nSPS) is 12.9. The molecule has 0 unspecified atom stereocenters. The number of carbonyl (C=O) groups is 1. The van der Waals surface area contributed by atoms with Crippen LogP contribution in [0.2, 0.25) is 0 Å². The molecule has 1 N–H and O–H groups in total. The van der Waals surface area contributed by atoms with Gasteiger partial charge in [0.2, 0.25) is 0 Å². The lowest BCUT2D eigenvalue weighted by molar-refractivity contribution is -0.132. The summed E-state index contributed by atoms with van der Waals surface area (Å²) in [5.74, 6) is -0.887. The molecule has 0 saturated heterocycles. The molecule has 0 aliphatic rings. The van der Waals surface area contributed by atoms with Crippen molar-refractivity contribution < 1.29 is 9.90 Å². The first-order valence-electron chi connectivity index (χ1n) is 3.29. The Morgan fingerprint density at radius 3 is 2.36 bits per heavy atom. The van der Waals surface area contributed by atoms with Crippen LogP contribution < -0.4 is 0 Å². The third-order valence-corrected chi connectivity index (χ3v) is 1.16. The summed E-state index contributed by atoms with van der Waals surface area (Å²) in [5.41, 5.74) is 1.22. The minimum atomic E-state index is -0.887. The van der Waals surface area contributed by atoms with E-state index in [2.05, 4.69) is 6.58 Å². The first-order chi connectivity index (χ1) is 5.07. The van der Waals surface area contributed by atoms with Crippen molar-refractivity contribution in [1.29, 1.82) is 0 Å². The van der Waals surface area contributed by atoms with Crippen molar-refractivity contribution in [1.82, 2.24) is 0 Å². The highest BCUT2D eigenvalue weighted by molar-refractivity contribution is 5.86. The van der Waals surface area contributed by atoms with Gasteiger partial charge in [-0.3, -0.25) is 0 Å². The van der Waals surface area contributed by atoms with E-state index in [1.807, 2.05) is 6.92 Å². The monoisotopic (exact) mass is 152 g/mol. The van der Waals surface area contributed by atoms with Gasteiger partial charge in [-0.15, -0.1) is 0 Å². The highest BCUT2D eigenvalue weighted by atomic mass is 16.4. The average Bonchev–Trinajstić information content (AvgIpc) is 1.87. The molecule has 60 valence electrons. The van der Waals surface area contributed by atoms with Gasteiger partial charge in [-0.1, -0.05) is 24.3 Å². The lowest BCUT2D eigenvalue weighted by atomic mass is 10.2. The number of carboxylic acids is 1. The third-order valence-electron chi connectivity index (χ3n) is 1.16. The van der Waals surface area contributed by atoms with Crippen LogP contribution in [0.25, 0.3) is 0 Å². The number of aliphatic carboxylic acids is 1. The SMILES string of the molecule is C=C/C=C(C)\C=C(/C)C(=O)O. The number of carboxylic acid groups (broad SMARTS) is 1. The van der Waals surface area contributed by atoms with E-state index >= 15 is 0 Å². The maximum atomic E-state index is 10.3. The summed E-state index contributed by atoms with van der Waals surface area (Å²) in [6, 6.07) is 0. The largest absolute Gasteiger partial charge is 0.478 e. The molecule has 0 aliphatic heterocycles. The van der Waals surface area contributed by atoms with Gasteiger partial charge in [0.05, 0.1) is 0 Å². The fraction of sp³-hybridized carbons (Fsp3) is 0.222. The molecule has 0 heterocycles. The summed E-state index contributed by atoms with van der Waals surface area (Å²) in [7, 11) is 0. The van der Waals surface area contributed by atoms with Crippen LogP contribution in [0.1, 0.15) is 13.8 Å². The first-order valence-corrected chi connectivity index (χ1v) is 3.29. The standard InChI is InChI=1S/C9H12O2/c1-4-5-7(2)6-8(3)9(10)11/h4-6H,1H2,2-3H3,(H,10,11)/b7-5-,8-6+. The molecule has 0 aromatic heterocycles. The zero-order valence-electron chi connectivity index (χ0n) is 6.79. The first kappa shape index (κ1) is 9.69. The van der Waals surface area contributed by atoms with E-state index in [1.54, 1.807) is 25.2 Å². The molecule has 0 aromatic carbocycles. The van der Waals surface area contributed by atoms with E-state index in [0.717, 1.165) is 5.57 Å². The van der Waals surface area contributed by atoms with Crippen LogP contribution in [0.5, 0.6) is 0 Å². The molecular weight excluding hydrogens is 140 g/mol. The molecule has 0 aromatic rings. The van der Waals surface area contributed by atoms with Crippen molar-refractivity contribution in [3.8, 4) is 0 Å². The fourth-order valence-corrected chi connectivity index (χ4v) is 0.637. The Labute approximate surface area is 66.5 Å². The van der Waals surface area contributed by atoms with Gasteiger partial charge in [0.1, 0.15) is 0 Å². The molecule has 2 nitrogen and oxygen atoms in total.